The molecule has 10 heteroatoms. The number of nitrogens with zero attached hydrogens (tertiary/aromatic N) is 2. The molecule has 0 aromatic heterocycles. The molecule has 3 rings (SSSR count). The molecule has 1 heterocycles. The zero-order valence-corrected chi connectivity index (χ0v) is 25.1. The number of alkyl carbamates (subject to hydrolysis) is 1. The van der Waals surface area contributed by atoms with Gasteiger partial charge in [-0.2, -0.15) is 0 Å². The molecule has 2 amide bonds. The van der Waals surface area contributed by atoms with E-state index in [0.29, 0.717) is 30.8 Å². The van der Waals surface area contributed by atoms with E-state index in [0.717, 1.165) is 31.1 Å². The molecule has 8 nitrogen and oxygen atoms in total. The zero-order valence-electron chi connectivity index (χ0n) is 25.1. The molecule has 0 saturated heterocycles. The Morgan fingerprint density at radius 3 is 2.52 bits per heavy atom. The number of ether oxygens (including phenoxy) is 1. The molecule has 220 valence electrons. The van der Waals surface area contributed by atoms with Crippen molar-refractivity contribution in [3.8, 4) is 6.26 Å². The van der Waals surface area contributed by atoms with Gasteiger partial charge in [-0.05, 0) is 48.6 Å². The molecule has 0 atom stereocenters. The number of allylic oxidation sites excluding steroid dienone is 2. The quantitative estimate of drug-likeness (QED) is 0.271. The van der Waals surface area contributed by atoms with E-state index in [2.05, 4.69) is 30.6 Å². The molecule has 0 unspecified atom stereocenters. The van der Waals surface area contributed by atoms with Gasteiger partial charge < -0.3 is 0 Å². The smallest absolute Gasteiger partial charge is 0.0301 e. The summed E-state index contributed by atoms with van der Waals surface area (Å²) in [6.45, 7) is 12.2. The van der Waals surface area contributed by atoms with E-state index in [9.17, 15) is 9.59 Å². The van der Waals surface area contributed by atoms with E-state index < -0.39 is 17.5 Å². The first-order valence-electron chi connectivity index (χ1n) is 14.1. The topological polar surface area (TPSA) is 104 Å². The minimum Gasteiger partial charge on any atom is -0.0613 e. The predicted molar refractivity (Wildman–Crippen MR) is 165 cm³/mol. The van der Waals surface area contributed by atoms with Gasteiger partial charge in [-0.15, -0.1) is 0 Å². The molecule has 2 aromatic rings. The Balaban J connectivity index is 1.72. The molecule has 2 N–H and O–H groups in total. The van der Waals surface area contributed by atoms with E-state index in [-0.39, 0.29) is 17.2 Å². The molecule has 0 saturated carbocycles. The average Bonchev–Trinajstić information content (AvgIpc) is 2.95. The maximum absolute atomic E-state index is 15.2. The third-order valence-corrected chi connectivity index (χ3v) is 6.80. The molecule has 0 spiro atoms. The van der Waals surface area contributed by atoms with E-state index in [1.165, 1.54) is 17.2 Å². The summed E-state index contributed by atoms with van der Waals surface area (Å²) in [6, 6.07) is 10.3. The fourth-order valence-electron chi connectivity index (χ4n) is 4.75. The Morgan fingerprint density at radius 1 is 1.19 bits per heavy atom. The van der Waals surface area contributed by atoms with Crippen LogP contribution < -0.4 is 10.6 Å². The number of carbonyl (C=O) groups excluding carboxylic acids is 2. The van der Waals surface area contributed by atoms with Gasteiger partial charge in [-0.3, -0.25) is 0 Å². The van der Waals surface area contributed by atoms with Gasteiger partial charge >= 0.3 is 174 Å². The summed E-state index contributed by atoms with van der Waals surface area (Å²) in [5, 5.41) is 14.3. The summed E-state index contributed by atoms with van der Waals surface area (Å²) >= 11 is 0. The Bertz CT molecular complexity index is 1450. The summed E-state index contributed by atoms with van der Waals surface area (Å²) in [6.07, 6.45) is 7.02. The van der Waals surface area contributed by atoms with Crippen LogP contribution in [0.4, 0.5) is 14.9 Å². The molecular weight excluding hydrogens is 534 g/mol. The third kappa shape index (κ3) is 8.56. The van der Waals surface area contributed by atoms with Crippen LogP contribution in [0.1, 0.15) is 81.4 Å². The Kier molecular flexibility index (Phi) is 11.1. The molecule has 0 radical (unpaired) electrons. The SMILES string of the molecule is C/C=C(\CC)c1ccc(NC(=O)c2ccc(C3=CCN(C(=BOC#N)NC(=O)OC(C)(C)C)CC3)c(F)c2)cc1CC. The van der Waals surface area contributed by atoms with E-state index in [1.807, 2.05) is 31.2 Å². The van der Waals surface area contributed by atoms with Crippen LogP contribution in [0.15, 0.2) is 48.6 Å². The normalized spacial score (nSPS) is 13.9. The van der Waals surface area contributed by atoms with E-state index >= 15 is 4.39 Å². The first-order valence-corrected chi connectivity index (χ1v) is 14.1. The number of rotatable bonds is 9. The van der Waals surface area contributed by atoms with Crippen molar-refractivity contribution in [2.75, 3.05) is 18.4 Å². The van der Waals surface area contributed by atoms with Crippen molar-refractivity contribution in [2.24, 2.45) is 0 Å². The summed E-state index contributed by atoms with van der Waals surface area (Å²) < 4.78 is 25.3. The van der Waals surface area contributed by atoms with Crippen molar-refractivity contribution in [3.05, 3.63) is 76.6 Å². The maximum Gasteiger partial charge on any atom is -0.0301 e. The van der Waals surface area contributed by atoms with Crippen LogP contribution in [0.3, 0.4) is 0 Å². The van der Waals surface area contributed by atoms with Crippen LogP contribution in [-0.2, 0) is 15.8 Å². The van der Waals surface area contributed by atoms with E-state index in [4.69, 9.17) is 14.7 Å². The minimum absolute atomic E-state index is 0.222. The number of halogens is 1. The summed E-state index contributed by atoms with van der Waals surface area (Å²) in [5.74, 6) is -0.885. The Hall–Kier alpha value is -4.39. The van der Waals surface area contributed by atoms with Crippen molar-refractivity contribution in [1.82, 2.24) is 10.2 Å². The van der Waals surface area contributed by atoms with Gasteiger partial charge in [-0.1, -0.05) is 26.0 Å². The molecule has 0 fully saturated rings. The number of amides is 2. The first-order chi connectivity index (χ1) is 20.0. The molecule has 1 aliphatic rings. The van der Waals surface area contributed by atoms with Gasteiger partial charge in [0, 0.05) is 0 Å². The van der Waals surface area contributed by atoms with Crippen LogP contribution in [-0.4, -0.2) is 48.4 Å². The van der Waals surface area contributed by atoms with Crippen LogP contribution in [0.2, 0.25) is 0 Å². The summed E-state index contributed by atoms with van der Waals surface area (Å²) in [7, 11) is 1.14. The number of nitriles is 1. The van der Waals surface area contributed by atoms with Gasteiger partial charge in [0.2, 0.25) is 0 Å². The van der Waals surface area contributed by atoms with Crippen molar-refractivity contribution in [2.45, 2.75) is 66.4 Å². The molecule has 42 heavy (non-hydrogen) atoms. The number of anilines is 1. The Labute approximate surface area is 248 Å². The van der Waals surface area contributed by atoms with Gasteiger partial charge in [-0.25, -0.2) is 0 Å². The molecule has 1 aliphatic heterocycles. The van der Waals surface area contributed by atoms with Crippen LogP contribution in [0.25, 0.3) is 11.1 Å². The summed E-state index contributed by atoms with van der Waals surface area (Å²) in [4.78, 5) is 27.0. The fraction of sp³-hybridized carbons (Fsp3) is 0.375. The number of hydrogen-bond acceptors (Lipinski definition) is 6. The van der Waals surface area contributed by atoms with Gasteiger partial charge in [0.15, 0.2) is 0 Å². The van der Waals surface area contributed by atoms with Crippen molar-refractivity contribution < 1.29 is 23.4 Å². The largest absolute Gasteiger partial charge is 0.0613 e. The second-order valence-electron chi connectivity index (χ2n) is 10.8. The number of benzene rings is 2. The van der Waals surface area contributed by atoms with Crippen molar-refractivity contribution in [3.63, 3.8) is 0 Å². The summed E-state index contributed by atoms with van der Waals surface area (Å²) in [5.41, 5.74) is 5.18. The second-order valence-corrected chi connectivity index (χ2v) is 10.8. The maximum atomic E-state index is 15.2. The fourth-order valence-corrected chi connectivity index (χ4v) is 4.75. The number of nitrogens with one attached hydrogen (secondary N) is 2. The minimum atomic E-state index is -0.700. The second kappa shape index (κ2) is 14.5. The van der Waals surface area contributed by atoms with Gasteiger partial charge in [0.1, 0.15) is 0 Å². The van der Waals surface area contributed by atoms with Crippen molar-refractivity contribution in [1.29, 1.82) is 5.26 Å². The molecule has 0 aliphatic carbocycles. The third-order valence-electron chi connectivity index (χ3n) is 6.80. The van der Waals surface area contributed by atoms with E-state index in [1.54, 1.807) is 44.1 Å². The number of aryl methyl sites for hydroxylation is 1. The van der Waals surface area contributed by atoms with Gasteiger partial charge in [0.25, 0.3) is 0 Å². The monoisotopic (exact) mass is 572 g/mol. The molecule has 0 bridgehead atoms. The molecular formula is C32H38BFN4O4. The van der Waals surface area contributed by atoms with Crippen LogP contribution in [0.5, 0.6) is 0 Å². The van der Waals surface area contributed by atoms with Crippen LogP contribution >= 0.6 is 0 Å². The van der Waals surface area contributed by atoms with Gasteiger partial charge in [0.05, 0.1) is 0 Å². The Morgan fingerprint density at radius 2 is 1.95 bits per heavy atom. The van der Waals surface area contributed by atoms with Crippen molar-refractivity contribution >= 4 is 41.7 Å². The first kappa shape index (κ1) is 32.1. The standard InChI is InChI=1S/C32H38BFN4O4/c1-7-21(8-2)26-13-11-25(18-22(26)9-3)36-29(39)24-10-12-27(28(34)19-24)23-14-16-38(17-15-23)30(33-41-20-35)37-31(40)42-32(4,5)6/h7,10-14,18-19H,8-9,15-17H2,1-6H3,(H,36,39)(H,37,40)/b21-7+. The number of hydrogen-bond donors (Lipinski definition) is 2. The molecule has 2 aromatic carbocycles. The number of carbonyl (C=O) groups is 2. The zero-order chi connectivity index (χ0) is 30.9. The average molecular weight is 572 g/mol. The predicted octanol–water partition coefficient (Wildman–Crippen LogP) is 6.27. The van der Waals surface area contributed by atoms with Crippen LogP contribution in [0, 0.1) is 17.3 Å².